The third-order valence-electron chi connectivity index (χ3n) is 2.42. The third-order valence-corrected chi connectivity index (χ3v) is 3.67. The van der Waals surface area contributed by atoms with Crippen molar-refractivity contribution < 1.29 is 0 Å². The second-order valence-corrected chi connectivity index (χ2v) is 4.80. The summed E-state index contributed by atoms with van der Waals surface area (Å²) in [5.74, 6) is 0. The minimum absolute atomic E-state index is 0.752. The molecule has 0 aromatic carbocycles. The highest BCUT2D eigenvalue weighted by molar-refractivity contribution is 7.99. The van der Waals surface area contributed by atoms with E-state index >= 15 is 0 Å². The number of aromatic nitrogens is 2. The minimum atomic E-state index is 0.752. The van der Waals surface area contributed by atoms with Crippen LogP contribution in [0.25, 0.3) is 0 Å². The van der Waals surface area contributed by atoms with Crippen LogP contribution in [0.5, 0.6) is 0 Å². The van der Waals surface area contributed by atoms with Crippen molar-refractivity contribution in [2.45, 2.75) is 23.2 Å². The lowest BCUT2D eigenvalue weighted by atomic mass is 10.1. The molecule has 72 valence electrons. The fourth-order valence-corrected chi connectivity index (χ4v) is 2.60. The van der Waals surface area contributed by atoms with Crippen molar-refractivity contribution in [1.82, 2.24) is 14.9 Å². The van der Waals surface area contributed by atoms with Gasteiger partial charge in [0.25, 0.3) is 0 Å². The van der Waals surface area contributed by atoms with E-state index in [0.717, 1.165) is 10.4 Å². The summed E-state index contributed by atoms with van der Waals surface area (Å²) in [4.78, 5) is 9.75. The number of thioether (sulfide) groups is 1. The van der Waals surface area contributed by atoms with Gasteiger partial charge in [-0.05, 0) is 33.0 Å². The smallest absolute Gasteiger partial charge is 0.165 e. The van der Waals surface area contributed by atoms with Crippen LogP contribution in [0.3, 0.4) is 0 Å². The molecular weight excluding hydrogens is 182 g/mol. The molecule has 0 saturated carbocycles. The van der Waals surface area contributed by atoms with Gasteiger partial charge in [-0.3, -0.25) is 0 Å². The third kappa shape index (κ3) is 2.48. The van der Waals surface area contributed by atoms with Crippen LogP contribution in [-0.4, -0.2) is 40.3 Å². The van der Waals surface area contributed by atoms with Gasteiger partial charge < -0.3 is 9.88 Å². The zero-order valence-electron chi connectivity index (χ0n) is 7.86. The van der Waals surface area contributed by atoms with E-state index in [2.05, 4.69) is 21.9 Å². The van der Waals surface area contributed by atoms with Crippen LogP contribution in [0.1, 0.15) is 12.8 Å². The van der Waals surface area contributed by atoms with Crippen LogP contribution < -0.4 is 0 Å². The lowest BCUT2D eigenvalue weighted by Crippen LogP contribution is -2.31. The number of hydrogen-bond donors (Lipinski definition) is 1. The molecule has 1 fully saturated rings. The Kier molecular flexibility index (Phi) is 2.90. The molecule has 0 atom stereocenters. The van der Waals surface area contributed by atoms with Gasteiger partial charge in [-0.1, -0.05) is 11.8 Å². The van der Waals surface area contributed by atoms with Gasteiger partial charge in [-0.25, -0.2) is 4.98 Å². The largest absolute Gasteiger partial charge is 0.340 e. The fraction of sp³-hybridized carbons (Fsp3) is 0.667. The molecular formula is C9H15N3S. The predicted molar refractivity (Wildman–Crippen MR) is 55.0 cm³/mol. The SMILES string of the molecule is CN1CCC(Sc2ncc[nH]2)CC1. The maximum absolute atomic E-state index is 4.22. The van der Waals surface area contributed by atoms with Gasteiger partial charge in [-0.15, -0.1) is 0 Å². The summed E-state index contributed by atoms with van der Waals surface area (Å²) in [6.45, 7) is 2.44. The number of rotatable bonds is 2. The molecule has 3 nitrogen and oxygen atoms in total. The Bertz CT molecular complexity index is 239. The summed E-state index contributed by atoms with van der Waals surface area (Å²) in [6, 6.07) is 0. The van der Waals surface area contributed by atoms with Crippen LogP contribution in [0.15, 0.2) is 17.6 Å². The van der Waals surface area contributed by atoms with Crippen molar-refractivity contribution in [2.24, 2.45) is 0 Å². The molecule has 0 spiro atoms. The van der Waals surface area contributed by atoms with Gasteiger partial charge in [0.05, 0.1) is 0 Å². The number of aromatic amines is 1. The Balaban J connectivity index is 1.83. The Morgan fingerprint density at radius 2 is 2.31 bits per heavy atom. The van der Waals surface area contributed by atoms with Crippen LogP contribution in [0.2, 0.25) is 0 Å². The number of likely N-dealkylation sites (tertiary alicyclic amines) is 1. The number of piperidine rings is 1. The average molecular weight is 197 g/mol. The summed E-state index contributed by atoms with van der Waals surface area (Å²) >= 11 is 1.88. The Hall–Kier alpha value is -0.480. The molecule has 0 radical (unpaired) electrons. The van der Waals surface area contributed by atoms with Gasteiger partial charge in [0, 0.05) is 17.6 Å². The number of nitrogens with zero attached hydrogens (tertiary/aromatic N) is 2. The highest BCUT2D eigenvalue weighted by Crippen LogP contribution is 2.27. The van der Waals surface area contributed by atoms with Crippen molar-refractivity contribution >= 4 is 11.8 Å². The first-order valence-corrected chi connectivity index (χ1v) is 5.57. The first-order chi connectivity index (χ1) is 6.34. The normalized spacial score (nSPS) is 20.7. The van der Waals surface area contributed by atoms with Crippen molar-refractivity contribution in [3.63, 3.8) is 0 Å². The quantitative estimate of drug-likeness (QED) is 0.781. The highest BCUT2D eigenvalue weighted by Gasteiger charge is 2.18. The van der Waals surface area contributed by atoms with E-state index in [1.807, 2.05) is 24.2 Å². The Morgan fingerprint density at radius 1 is 1.54 bits per heavy atom. The van der Waals surface area contributed by atoms with Crippen LogP contribution in [0.4, 0.5) is 0 Å². The first-order valence-electron chi connectivity index (χ1n) is 4.69. The topological polar surface area (TPSA) is 31.9 Å². The molecule has 0 amide bonds. The predicted octanol–water partition coefficient (Wildman–Crippen LogP) is 1.60. The maximum Gasteiger partial charge on any atom is 0.165 e. The van der Waals surface area contributed by atoms with Crippen LogP contribution >= 0.6 is 11.8 Å². The summed E-state index contributed by atoms with van der Waals surface area (Å²) < 4.78 is 0. The Morgan fingerprint density at radius 3 is 2.92 bits per heavy atom. The average Bonchev–Trinajstić information content (AvgIpc) is 2.62. The maximum atomic E-state index is 4.22. The molecule has 1 aromatic heterocycles. The lowest BCUT2D eigenvalue weighted by Gasteiger charge is -2.27. The van der Waals surface area contributed by atoms with Gasteiger partial charge in [0.1, 0.15) is 0 Å². The molecule has 1 aromatic rings. The van der Waals surface area contributed by atoms with Gasteiger partial charge in [0.2, 0.25) is 0 Å². The first kappa shape index (κ1) is 9.09. The molecule has 2 rings (SSSR count). The fourth-order valence-electron chi connectivity index (χ4n) is 1.58. The molecule has 1 aliphatic rings. The zero-order valence-corrected chi connectivity index (χ0v) is 8.68. The Labute approximate surface area is 82.9 Å². The molecule has 2 heterocycles. The number of H-pyrrole nitrogens is 1. The van der Waals surface area contributed by atoms with E-state index in [1.165, 1.54) is 25.9 Å². The van der Waals surface area contributed by atoms with E-state index in [1.54, 1.807) is 0 Å². The summed E-state index contributed by atoms with van der Waals surface area (Å²) in [5, 5.41) is 1.82. The number of hydrogen-bond acceptors (Lipinski definition) is 3. The van der Waals surface area contributed by atoms with Crippen LogP contribution in [-0.2, 0) is 0 Å². The van der Waals surface area contributed by atoms with Crippen molar-refractivity contribution in [1.29, 1.82) is 0 Å². The van der Waals surface area contributed by atoms with Gasteiger partial charge in [-0.2, -0.15) is 0 Å². The van der Waals surface area contributed by atoms with Crippen molar-refractivity contribution in [3.8, 4) is 0 Å². The van der Waals surface area contributed by atoms with E-state index < -0.39 is 0 Å². The molecule has 0 bridgehead atoms. The van der Waals surface area contributed by atoms with Crippen molar-refractivity contribution in [3.05, 3.63) is 12.4 Å². The number of nitrogens with one attached hydrogen (secondary N) is 1. The second kappa shape index (κ2) is 4.15. The highest BCUT2D eigenvalue weighted by atomic mass is 32.2. The molecule has 1 aliphatic heterocycles. The summed E-state index contributed by atoms with van der Waals surface area (Å²) in [6.07, 6.45) is 6.26. The molecule has 0 aliphatic carbocycles. The van der Waals surface area contributed by atoms with Crippen LogP contribution in [0, 0.1) is 0 Å². The van der Waals surface area contributed by atoms with E-state index in [0.29, 0.717) is 0 Å². The molecule has 4 heteroatoms. The molecule has 1 saturated heterocycles. The summed E-state index contributed by atoms with van der Waals surface area (Å²) in [5.41, 5.74) is 0. The van der Waals surface area contributed by atoms with E-state index in [9.17, 15) is 0 Å². The molecule has 1 N–H and O–H groups in total. The summed E-state index contributed by atoms with van der Waals surface area (Å²) in [7, 11) is 2.19. The lowest BCUT2D eigenvalue weighted by molar-refractivity contribution is 0.282. The minimum Gasteiger partial charge on any atom is -0.340 e. The van der Waals surface area contributed by atoms with Gasteiger partial charge in [0.15, 0.2) is 5.16 Å². The monoisotopic (exact) mass is 197 g/mol. The standard InChI is InChI=1S/C9H15N3S/c1-12-6-2-8(3-7-12)13-9-10-4-5-11-9/h4-5,8H,2-3,6-7H2,1H3,(H,10,11). The van der Waals surface area contributed by atoms with Gasteiger partial charge >= 0.3 is 0 Å². The van der Waals surface area contributed by atoms with Crippen molar-refractivity contribution in [2.75, 3.05) is 20.1 Å². The zero-order chi connectivity index (χ0) is 9.10. The van der Waals surface area contributed by atoms with E-state index in [4.69, 9.17) is 0 Å². The van der Waals surface area contributed by atoms with E-state index in [-0.39, 0.29) is 0 Å². The molecule has 13 heavy (non-hydrogen) atoms. The second-order valence-electron chi connectivity index (χ2n) is 3.51. The molecule has 0 unspecified atom stereocenters. The number of imidazole rings is 1.